The first-order chi connectivity index (χ1) is 30.7. The van der Waals surface area contributed by atoms with Gasteiger partial charge in [0.2, 0.25) is 5.78 Å². The topological polar surface area (TPSA) is 149 Å². The molecule has 0 bridgehead atoms. The van der Waals surface area contributed by atoms with Gasteiger partial charge < -0.3 is 35.2 Å². The first-order valence-electron chi connectivity index (χ1n) is 26.2. The second-order valence-corrected chi connectivity index (χ2v) is 22.2. The van der Waals surface area contributed by atoms with Gasteiger partial charge in [-0.25, -0.2) is 0 Å². The van der Waals surface area contributed by atoms with E-state index in [4.69, 9.17) is 35.2 Å². The van der Waals surface area contributed by atoms with Gasteiger partial charge in [-0.15, -0.1) is 0 Å². The van der Waals surface area contributed by atoms with Crippen molar-refractivity contribution in [3.05, 3.63) is 34.9 Å². The Bertz CT molecular complexity index is 1600. The third-order valence-corrected chi connectivity index (χ3v) is 15.1. The number of carbonyl (C=O) groups is 3. The molecule has 2 fully saturated rings. The van der Waals surface area contributed by atoms with Crippen molar-refractivity contribution in [3.8, 4) is 0 Å². The first-order valence-corrected chi connectivity index (χ1v) is 26.2. The molecule has 0 saturated carbocycles. The van der Waals surface area contributed by atoms with Crippen LogP contribution in [0.4, 0.5) is 0 Å². The van der Waals surface area contributed by atoms with Crippen LogP contribution in [-0.2, 0) is 38.1 Å². The molecule has 0 aromatic heterocycles. The largest absolute Gasteiger partial charge is 0.457 e. The summed E-state index contributed by atoms with van der Waals surface area (Å²) in [6, 6.07) is -0.133. The highest BCUT2D eigenvalue weighted by Gasteiger charge is 2.47. The molecular weight excluding hydrogens is 829 g/mol. The summed E-state index contributed by atoms with van der Waals surface area (Å²) in [4.78, 5) is 38.4. The van der Waals surface area contributed by atoms with Crippen LogP contribution in [-0.4, -0.2) is 77.6 Å². The standard InChI is InChI=1S/C56H100N2O8/c1-19-21-22-23-36(6)54(61)63-49(40(10)30-38(8)44(14)57)27-25-46(20-2)52(58)41(11)29-35(5)28-39(9)50-32-48(64-55(16,17)66-50)33-51(62-34(3)4)43(13)37(7)31-47-26-24-42(12)56(18,65-47)53(60)45(15)59/h25,28,30,34-38,41-44,47-52H,19-24,26-27,29,31-33,57-58H2,1-18H3/b39-28+,40-30+,46-25+. The van der Waals surface area contributed by atoms with E-state index in [0.717, 1.165) is 76.2 Å². The van der Waals surface area contributed by atoms with E-state index >= 15 is 0 Å². The monoisotopic (exact) mass is 929 g/mol. The number of rotatable bonds is 28. The summed E-state index contributed by atoms with van der Waals surface area (Å²) in [7, 11) is 0. The number of hydrogen-bond donors (Lipinski definition) is 2. The molecule has 10 heteroatoms. The number of unbranched alkanes of at least 4 members (excludes halogenated alkanes) is 2. The smallest absolute Gasteiger partial charge is 0.309 e. The van der Waals surface area contributed by atoms with Crippen LogP contribution in [0.3, 0.4) is 0 Å². The number of Topliss-reactive ketones (excluding diaryl/α,β-unsaturated/α-hetero) is 2. The maximum absolute atomic E-state index is 13.3. The highest BCUT2D eigenvalue weighted by atomic mass is 16.7. The lowest BCUT2D eigenvalue weighted by atomic mass is 9.76. The Kier molecular flexibility index (Phi) is 25.3. The molecule has 4 N–H and O–H groups in total. The van der Waals surface area contributed by atoms with E-state index in [2.05, 4.69) is 94.4 Å². The minimum absolute atomic E-state index is 0.00232. The molecule has 66 heavy (non-hydrogen) atoms. The molecule has 2 aliphatic rings. The minimum Gasteiger partial charge on any atom is -0.457 e. The van der Waals surface area contributed by atoms with E-state index in [1.807, 2.05) is 34.6 Å². The summed E-state index contributed by atoms with van der Waals surface area (Å²) in [5.41, 5.74) is 15.6. The van der Waals surface area contributed by atoms with E-state index in [1.54, 1.807) is 6.92 Å². The van der Waals surface area contributed by atoms with Crippen molar-refractivity contribution in [3.63, 3.8) is 0 Å². The Balaban J connectivity index is 2.19. The Hall–Kier alpha value is -2.21. The van der Waals surface area contributed by atoms with Gasteiger partial charge in [-0.05, 0) is 141 Å². The predicted octanol–water partition coefficient (Wildman–Crippen LogP) is 12.2. The normalized spacial score (nSPS) is 27.8. The first kappa shape index (κ1) is 59.9. The molecule has 0 spiro atoms. The molecule has 0 aromatic rings. The summed E-state index contributed by atoms with van der Waals surface area (Å²) in [6.07, 6.45) is 16.4. The van der Waals surface area contributed by atoms with Crippen LogP contribution in [0, 0.1) is 41.4 Å². The highest BCUT2D eigenvalue weighted by Crippen LogP contribution is 2.40. The lowest BCUT2D eigenvalue weighted by molar-refractivity contribution is -0.297. The van der Waals surface area contributed by atoms with Gasteiger partial charge in [0.1, 0.15) is 11.7 Å². The Morgan fingerprint density at radius 3 is 2.05 bits per heavy atom. The summed E-state index contributed by atoms with van der Waals surface area (Å²) >= 11 is 0. The van der Waals surface area contributed by atoms with Crippen molar-refractivity contribution >= 4 is 17.5 Å². The van der Waals surface area contributed by atoms with Crippen LogP contribution in [0.5, 0.6) is 0 Å². The van der Waals surface area contributed by atoms with Gasteiger partial charge in [-0.1, -0.05) is 105 Å². The van der Waals surface area contributed by atoms with E-state index in [-0.39, 0.29) is 96.1 Å². The maximum atomic E-state index is 13.3. The molecule has 2 aliphatic heterocycles. The zero-order chi connectivity index (χ0) is 50.3. The third-order valence-electron chi connectivity index (χ3n) is 15.1. The zero-order valence-corrected chi connectivity index (χ0v) is 45.3. The van der Waals surface area contributed by atoms with E-state index in [1.165, 1.54) is 18.1 Å². The molecule has 2 saturated heterocycles. The number of ether oxygens (including phenoxy) is 5. The zero-order valence-electron chi connectivity index (χ0n) is 45.3. The molecule has 0 aliphatic carbocycles. The van der Waals surface area contributed by atoms with Crippen LogP contribution in [0.15, 0.2) is 34.9 Å². The van der Waals surface area contributed by atoms with Crippen molar-refractivity contribution in [2.45, 2.75) is 262 Å². The Morgan fingerprint density at radius 2 is 1.47 bits per heavy atom. The van der Waals surface area contributed by atoms with Gasteiger partial charge in [0.05, 0.1) is 36.4 Å². The van der Waals surface area contributed by atoms with Crippen molar-refractivity contribution in [1.29, 1.82) is 0 Å². The fourth-order valence-electron chi connectivity index (χ4n) is 10.1. The van der Waals surface area contributed by atoms with Crippen LogP contribution < -0.4 is 11.5 Å². The van der Waals surface area contributed by atoms with Gasteiger partial charge in [-0.3, -0.25) is 14.4 Å². The highest BCUT2D eigenvalue weighted by molar-refractivity contribution is 6.39. The number of nitrogens with two attached hydrogens (primary N) is 2. The maximum Gasteiger partial charge on any atom is 0.309 e. The molecule has 2 heterocycles. The molecule has 2 rings (SSSR count). The summed E-state index contributed by atoms with van der Waals surface area (Å²) in [6.45, 7) is 37.0. The molecule has 15 unspecified atom stereocenters. The predicted molar refractivity (Wildman–Crippen MR) is 271 cm³/mol. The van der Waals surface area contributed by atoms with E-state index in [0.29, 0.717) is 6.42 Å². The summed E-state index contributed by atoms with van der Waals surface area (Å²) < 4.78 is 32.6. The van der Waals surface area contributed by atoms with Crippen molar-refractivity contribution in [2.75, 3.05) is 0 Å². The van der Waals surface area contributed by atoms with Crippen LogP contribution in [0.1, 0.15) is 202 Å². The third kappa shape index (κ3) is 18.9. The second kappa shape index (κ2) is 27.8. The average molecular weight is 929 g/mol. The fourth-order valence-corrected chi connectivity index (χ4v) is 10.1. The number of allylic oxidation sites excluding steroid dienone is 1. The lowest BCUT2D eigenvalue weighted by Crippen LogP contribution is -2.53. The van der Waals surface area contributed by atoms with E-state index < -0.39 is 23.0 Å². The lowest BCUT2D eigenvalue weighted by Gasteiger charge is -2.44. The van der Waals surface area contributed by atoms with Gasteiger partial charge >= 0.3 is 5.97 Å². The van der Waals surface area contributed by atoms with Gasteiger partial charge in [-0.2, -0.15) is 0 Å². The quantitative estimate of drug-likeness (QED) is 0.0336. The number of esters is 1. The second-order valence-electron chi connectivity index (χ2n) is 22.2. The molecule has 0 amide bonds. The van der Waals surface area contributed by atoms with Gasteiger partial charge in [0.25, 0.3) is 0 Å². The van der Waals surface area contributed by atoms with Crippen molar-refractivity contribution in [1.82, 2.24) is 0 Å². The average Bonchev–Trinajstić information content (AvgIpc) is 3.22. The van der Waals surface area contributed by atoms with Gasteiger partial charge in [0.15, 0.2) is 11.6 Å². The summed E-state index contributed by atoms with van der Waals surface area (Å²) in [5.74, 6) is -0.868. The summed E-state index contributed by atoms with van der Waals surface area (Å²) in [5, 5.41) is 0. The van der Waals surface area contributed by atoms with Crippen molar-refractivity contribution in [2.24, 2.45) is 52.9 Å². The minimum atomic E-state index is -1.08. The molecule has 382 valence electrons. The molecular formula is C56H100N2O8. The van der Waals surface area contributed by atoms with E-state index in [9.17, 15) is 14.4 Å². The number of carbonyl (C=O) groups excluding carboxylic acids is 3. The molecule has 0 aromatic carbocycles. The number of ketones is 2. The SMILES string of the molecule is CCCCCC(C)C(=O)OC(C/C=C(\CC)C(N)C(C)CC(C)/C=C(\C)C1CC(CC(OC(C)C)C(C)C(C)CC2CCC(C)C(C)(C(=O)C(C)=O)O2)OC(C)(C)O1)/C(C)=C/C(C)C(C)N. The van der Waals surface area contributed by atoms with Gasteiger partial charge in [0, 0.05) is 38.3 Å². The number of hydrogen-bond acceptors (Lipinski definition) is 10. The molecule has 10 nitrogen and oxygen atoms in total. The Morgan fingerprint density at radius 1 is 0.818 bits per heavy atom. The van der Waals surface area contributed by atoms with Crippen LogP contribution in [0.2, 0.25) is 0 Å². The molecule has 15 atom stereocenters. The van der Waals surface area contributed by atoms with Crippen molar-refractivity contribution < 1.29 is 38.1 Å². The fraction of sp³-hybridized carbons (Fsp3) is 0.839. The molecule has 0 radical (unpaired) electrons. The Labute approximate surface area is 403 Å². The van der Waals surface area contributed by atoms with Crippen LogP contribution in [0.25, 0.3) is 0 Å². The van der Waals surface area contributed by atoms with Crippen LogP contribution >= 0.6 is 0 Å².